The fourth-order valence-electron chi connectivity index (χ4n) is 2.59. The number of aliphatic imine (C=N–C) groups is 1. The zero-order valence-electron chi connectivity index (χ0n) is 14.1. The molecular weight excluding hydrogens is 268 g/mol. The third kappa shape index (κ3) is 4.27. The van der Waals surface area contributed by atoms with Crippen LogP contribution in [-0.4, -0.2) is 11.2 Å². The van der Waals surface area contributed by atoms with Gasteiger partial charge in [-0.2, -0.15) is 0 Å². The lowest BCUT2D eigenvalue weighted by Gasteiger charge is -2.16. The molecule has 0 spiro atoms. The van der Waals surface area contributed by atoms with Crippen LogP contribution in [0.1, 0.15) is 62.6 Å². The van der Waals surface area contributed by atoms with E-state index >= 15 is 0 Å². The molecule has 1 aromatic carbocycles. The molecule has 0 atom stereocenters. The van der Waals surface area contributed by atoms with E-state index in [1.54, 1.807) is 0 Å². The van der Waals surface area contributed by atoms with Crippen LogP contribution in [0.3, 0.4) is 0 Å². The summed E-state index contributed by atoms with van der Waals surface area (Å²) in [4.78, 5) is 8.97. The van der Waals surface area contributed by atoms with Crippen LogP contribution in [0, 0.1) is 0 Å². The van der Waals surface area contributed by atoms with Gasteiger partial charge in [0.15, 0.2) is 0 Å². The molecule has 0 aliphatic carbocycles. The number of para-hydroxylation sites is 1. The average molecular weight is 294 g/mol. The lowest BCUT2D eigenvalue weighted by atomic mass is 9.93. The van der Waals surface area contributed by atoms with E-state index < -0.39 is 0 Å². The molecule has 0 aliphatic rings. The molecule has 1 heterocycles. The van der Waals surface area contributed by atoms with Crippen molar-refractivity contribution in [1.29, 1.82) is 0 Å². The van der Waals surface area contributed by atoms with Gasteiger partial charge >= 0.3 is 0 Å². The molecule has 1 aromatic heterocycles. The van der Waals surface area contributed by atoms with E-state index in [0.29, 0.717) is 11.8 Å². The van der Waals surface area contributed by atoms with Crippen molar-refractivity contribution in [3.63, 3.8) is 0 Å². The smallest absolute Gasteiger partial charge is 0.0694 e. The Morgan fingerprint density at radius 2 is 1.68 bits per heavy atom. The Labute approximate surface area is 134 Å². The Morgan fingerprint density at radius 1 is 1.00 bits per heavy atom. The van der Waals surface area contributed by atoms with Gasteiger partial charge in [0, 0.05) is 18.6 Å². The summed E-state index contributed by atoms with van der Waals surface area (Å²) in [5.74, 6) is 0.980. The molecular formula is C20H26N2. The highest BCUT2D eigenvalue weighted by molar-refractivity contribution is 5.68. The van der Waals surface area contributed by atoms with Gasteiger partial charge in [-0.1, -0.05) is 52.0 Å². The van der Waals surface area contributed by atoms with Crippen molar-refractivity contribution in [2.45, 2.75) is 52.4 Å². The van der Waals surface area contributed by atoms with Gasteiger partial charge in [-0.05, 0) is 47.4 Å². The van der Waals surface area contributed by atoms with Gasteiger partial charge in [-0.15, -0.1) is 0 Å². The fraction of sp³-hybridized carbons (Fsp3) is 0.400. The monoisotopic (exact) mass is 294 g/mol. The third-order valence-electron chi connectivity index (χ3n) is 3.85. The van der Waals surface area contributed by atoms with Gasteiger partial charge < -0.3 is 0 Å². The van der Waals surface area contributed by atoms with E-state index in [2.05, 4.69) is 63.2 Å². The quantitative estimate of drug-likeness (QED) is 0.631. The van der Waals surface area contributed by atoms with Gasteiger partial charge in [0.25, 0.3) is 0 Å². The van der Waals surface area contributed by atoms with Crippen molar-refractivity contribution in [1.82, 2.24) is 4.98 Å². The number of pyridine rings is 1. The molecule has 0 amide bonds. The largest absolute Gasteiger partial charge is 0.264 e. The molecule has 0 aliphatic heterocycles. The van der Waals surface area contributed by atoms with Crippen LogP contribution in [0.15, 0.2) is 47.7 Å². The van der Waals surface area contributed by atoms with Gasteiger partial charge in [-0.3, -0.25) is 9.98 Å². The highest BCUT2D eigenvalue weighted by atomic mass is 14.7. The van der Waals surface area contributed by atoms with E-state index in [4.69, 9.17) is 4.99 Å². The van der Waals surface area contributed by atoms with E-state index in [1.807, 2.05) is 18.5 Å². The molecule has 0 saturated carbocycles. The van der Waals surface area contributed by atoms with Gasteiger partial charge in [0.2, 0.25) is 0 Å². The Kier molecular flexibility index (Phi) is 5.88. The number of hydrogen-bond acceptors (Lipinski definition) is 2. The predicted molar refractivity (Wildman–Crippen MR) is 95.3 cm³/mol. The molecule has 0 N–H and O–H groups in total. The lowest BCUT2D eigenvalue weighted by Crippen LogP contribution is -1.96. The molecule has 2 aromatic rings. The van der Waals surface area contributed by atoms with Crippen molar-refractivity contribution in [2.24, 2.45) is 4.99 Å². The first-order chi connectivity index (χ1) is 10.6. The van der Waals surface area contributed by atoms with E-state index in [1.165, 1.54) is 22.4 Å². The second kappa shape index (κ2) is 7.88. The second-order valence-corrected chi connectivity index (χ2v) is 6.31. The highest BCUT2D eigenvalue weighted by Gasteiger charge is 2.12. The first-order valence-corrected chi connectivity index (χ1v) is 8.13. The Bertz CT molecular complexity index is 587. The summed E-state index contributed by atoms with van der Waals surface area (Å²) in [5.41, 5.74) is 5.10. The number of nitrogens with zero attached hydrogens (tertiary/aromatic N) is 2. The van der Waals surface area contributed by atoms with Crippen molar-refractivity contribution in [3.8, 4) is 0 Å². The number of aryl methyl sites for hydroxylation is 1. The maximum absolute atomic E-state index is 4.82. The normalized spacial score (nSPS) is 11.7. The van der Waals surface area contributed by atoms with Crippen molar-refractivity contribution in [2.75, 3.05) is 0 Å². The zero-order valence-corrected chi connectivity index (χ0v) is 14.1. The fourth-order valence-corrected chi connectivity index (χ4v) is 2.59. The molecule has 22 heavy (non-hydrogen) atoms. The van der Waals surface area contributed by atoms with Crippen LogP contribution in [0.2, 0.25) is 0 Å². The maximum atomic E-state index is 4.82. The minimum Gasteiger partial charge on any atom is -0.264 e. The molecule has 0 unspecified atom stereocenters. The van der Waals surface area contributed by atoms with Crippen LogP contribution in [0.5, 0.6) is 0 Å². The van der Waals surface area contributed by atoms with E-state index in [0.717, 1.165) is 12.8 Å². The zero-order chi connectivity index (χ0) is 15.9. The third-order valence-corrected chi connectivity index (χ3v) is 3.85. The average Bonchev–Trinajstić information content (AvgIpc) is 2.52. The number of hydrogen-bond donors (Lipinski definition) is 0. The first kappa shape index (κ1) is 16.4. The second-order valence-electron chi connectivity index (χ2n) is 6.31. The number of benzene rings is 1. The molecule has 2 nitrogen and oxygen atoms in total. The van der Waals surface area contributed by atoms with Crippen LogP contribution in [0.4, 0.5) is 5.69 Å². The summed E-state index contributed by atoms with van der Waals surface area (Å²) in [5, 5.41) is 0. The topological polar surface area (TPSA) is 25.2 Å². The molecule has 0 saturated heterocycles. The molecule has 2 heteroatoms. The summed E-state index contributed by atoms with van der Waals surface area (Å²) in [6.07, 6.45) is 7.72. The molecule has 116 valence electrons. The summed E-state index contributed by atoms with van der Waals surface area (Å²) in [7, 11) is 0. The highest BCUT2D eigenvalue weighted by Crippen LogP contribution is 2.34. The first-order valence-electron chi connectivity index (χ1n) is 8.13. The van der Waals surface area contributed by atoms with Crippen LogP contribution in [0.25, 0.3) is 0 Å². The number of rotatable bonds is 6. The predicted octanol–water partition coefficient (Wildman–Crippen LogP) is 5.66. The van der Waals surface area contributed by atoms with E-state index in [-0.39, 0.29) is 0 Å². The number of aromatic nitrogens is 1. The molecule has 2 rings (SSSR count). The van der Waals surface area contributed by atoms with Crippen LogP contribution >= 0.6 is 0 Å². The SMILES string of the molecule is CC(C)c1cccc(C(C)C)c1N=CCCc1cccnc1. The minimum absolute atomic E-state index is 0.490. The summed E-state index contributed by atoms with van der Waals surface area (Å²) in [6, 6.07) is 10.6. The van der Waals surface area contributed by atoms with Gasteiger partial charge in [-0.25, -0.2) is 0 Å². The lowest BCUT2D eigenvalue weighted by molar-refractivity contribution is 0.834. The standard InChI is InChI=1S/C20H26N2/c1-15(2)18-10-5-11-19(16(3)4)20(18)22-13-7-9-17-8-6-12-21-14-17/h5-6,8,10-16H,7,9H2,1-4H3. The summed E-state index contributed by atoms with van der Waals surface area (Å²) in [6.45, 7) is 8.92. The molecule has 0 radical (unpaired) electrons. The van der Waals surface area contributed by atoms with Crippen LogP contribution in [-0.2, 0) is 6.42 Å². The summed E-state index contributed by atoms with van der Waals surface area (Å²) < 4.78 is 0. The van der Waals surface area contributed by atoms with Gasteiger partial charge in [0.1, 0.15) is 0 Å². The Balaban J connectivity index is 2.15. The van der Waals surface area contributed by atoms with Crippen molar-refractivity contribution < 1.29 is 0 Å². The Morgan fingerprint density at radius 3 is 2.23 bits per heavy atom. The van der Waals surface area contributed by atoms with Crippen molar-refractivity contribution in [3.05, 3.63) is 59.4 Å². The minimum atomic E-state index is 0.490. The van der Waals surface area contributed by atoms with Crippen LogP contribution < -0.4 is 0 Å². The molecule has 0 bridgehead atoms. The van der Waals surface area contributed by atoms with Crippen molar-refractivity contribution >= 4 is 11.9 Å². The molecule has 0 fully saturated rings. The van der Waals surface area contributed by atoms with Gasteiger partial charge in [0.05, 0.1) is 5.69 Å². The van der Waals surface area contributed by atoms with E-state index in [9.17, 15) is 0 Å². The maximum Gasteiger partial charge on any atom is 0.0694 e. The Hall–Kier alpha value is -1.96. The summed E-state index contributed by atoms with van der Waals surface area (Å²) >= 11 is 0.